The van der Waals surface area contributed by atoms with Gasteiger partial charge < -0.3 is 10.6 Å². The lowest BCUT2D eigenvalue weighted by Crippen LogP contribution is -2.50. The number of carbonyl (C=O) groups is 1. The van der Waals surface area contributed by atoms with Gasteiger partial charge in [0.15, 0.2) is 0 Å². The van der Waals surface area contributed by atoms with Crippen molar-refractivity contribution in [3.8, 4) is 0 Å². The fourth-order valence-corrected chi connectivity index (χ4v) is 2.45. The Morgan fingerprint density at radius 3 is 2.63 bits per heavy atom. The second kappa shape index (κ2) is 5.65. The Morgan fingerprint density at radius 2 is 2.11 bits per heavy atom. The first-order valence-electron chi connectivity index (χ1n) is 6.44. The predicted octanol–water partition coefficient (Wildman–Crippen LogP) is 1.97. The smallest absolute Gasteiger partial charge is 0.227 e. The zero-order valence-corrected chi connectivity index (χ0v) is 10.9. The molecule has 1 aromatic rings. The van der Waals surface area contributed by atoms with E-state index in [1.807, 2.05) is 7.05 Å². The molecule has 0 aliphatic heterocycles. The summed E-state index contributed by atoms with van der Waals surface area (Å²) in [6.07, 6.45) is 2.75. The molecule has 2 N–H and O–H groups in total. The van der Waals surface area contributed by atoms with Crippen LogP contribution in [0.4, 0.5) is 8.78 Å². The van der Waals surface area contributed by atoms with Gasteiger partial charge >= 0.3 is 0 Å². The lowest BCUT2D eigenvalue weighted by molar-refractivity contribution is -0.135. The molecule has 5 heteroatoms. The summed E-state index contributed by atoms with van der Waals surface area (Å²) in [5, 5.41) is 5.77. The molecule has 0 heterocycles. The first kappa shape index (κ1) is 13.9. The molecule has 0 radical (unpaired) electrons. The van der Waals surface area contributed by atoms with Gasteiger partial charge in [-0.3, -0.25) is 4.79 Å². The van der Waals surface area contributed by atoms with Crippen LogP contribution in [0.1, 0.15) is 24.8 Å². The minimum absolute atomic E-state index is 0.0585. The molecule has 0 atom stereocenters. The van der Waals surface area contributed by atoms with Crippen molar-refractivity contribution in [1.29, 1.82) is 0 Å². The summed E-state index contributed by atoms with van der Waals surface area (Å²) in [4.78, 5) is 12.1. The highest BCUT2D eigenvalue weighted by molar-refractivity contribution is 5.83. The van der Waals surface area contributed by atoms with E-state index in [2.05, 4.69) is 10.6 Å². The number of benzene rings is 1. The Bertz CT molecular complexity index is 473. The van der Waals surface area contributed by atoms with Crippen molar-refractivity contribution in [2.75, 3.05) is 13.6 Å². The van der Waals surface area contributed by atoms with E-state index in [1.54, 1.807) is 0 Å². The zero-order valence-electron chi connectivity index (χ0n) is 10.9. The Kier molecular flexibility index (Phi) is 4.14. The summed E-state index contributed by atoms with van der Waals surface area (Å²) in [7, 11) is 1.81. The topological polar surface area (TPSA) is 41.1 Å². The Hall–Kier alpha value is -1.49. The molecule has 0 saturated heterocycles. The summed E-state index contributed by atoms with van der Waals surface area (Å²) < 4.78 is 26.2. The molecule has 1 aliphatic rings. The second-order valence-electron chi connectivity index (χ2n) is 5.08. The van der Waals surface area contributed by atoms with Crippen molar-refractivity contribution in [3.63, 3.8) is 0 Å². The number of halogens is 2. The van der Waals surface area contributed by atoms with E-state index < -0.39 is 11.6 Å². The van der Waals surface area contributed by atoms with Crippen LogP contribution in [0, 0.1) is 17.0 Å². The van der Waals surface area contributed by atoms with Gasteiger partial charge in [-0.1, -0.05) is 12.5 Å². The van der Waals surface area contributed by atoms with Gasteiger partial charge in [-0.2, -0.15) is 0 Å². The minimum atomic E-state index is -0.628. The van der Waals surface area contributed by atoms with E-state index in [0.29, 0.717) is 12.1 Å². The summed E-state index contributed by atoms with van der Waals surface area (Å²) in [6, 6.07) is 3.38. The largest absolute Gasteiger partial charge is 0.351 e. The maximum Gasteiger partial charge on any atom is 0.227 e. The summed E-state index contributed by atoms with van der Waals surface area (Å²) in [5.41, 5.74) is -0.0562. The molecule has 2 rings (SSSR count). The maximum absolute atomic E-state index is 13.4. The van der Waals surface area contributed by atoms with Crippen LogP contribution in [0.25, 0.3) is 0 Å². The van der Waals surface area contributed by atoms with Crippen molar-refractivity contribution < 1.29 is 13.6 Å². The van der Waals surface area contributed by atoms with Gasteiger partial charge in [0.05, 0.1) is 5.41 Å². The van der Waals surface area contributed by atoms with Gasteiger partial charge in [0, 0.05) is 24.7 Å². The number of amides is 1. The van der Waals surface area contributed by atoms with Crippen LogP contribution < -0.4 is 10.6 Å². The number of hydrogen-bond donors (Lipinski definition) is 2. The Balaban J connectivity index is 1.96. The molecule has 1 fully saturated rings. The number of nitrogens with one attached hydrogen (secondary N) is 2. The molecular formula is C14H18F2N2O. The quantitative estimate of drug-likeness (QED) is 0.857. The van der Waals surface area contributed by atoms with Crippen LogP contribution in [0.5, 0.6) is 0 Å². The second-order valence-corrected chi connectivity index (χ2v) is 5.08. The molecule has 3 nitrogen and oxygen atoms in total. The molecule has 1 amide bonds. The molecule has 0 spiro atoms. The van der Waals surface area contributed by atoms with E-state index in [4.69, 9.17) is 0 Å². The Labute approximate surface area is 111 Å². The zero-order chi connectivity index (χ0) is 13.9. The summed E-state index contributed by atoms with van der Waals surface area (Å²) >= 11 is 0. The van der Waals surface area contributed by atoms with Crippen LogP contribution in [0.3, 0.4) is 0 Å². The molecule has 19 heavy (non-hydrogen) atoms. The summed E-state index contributed by atoms with van der Waals surface area (Å²) in [5.74, 6) is -1.30. The maximum atomic E-state index is 13.4. The van der Waals surface area contributed by atoms with Gasteiger partial charge in [-0.05, 0) is 26.0 Å². The average molecular weight is 268 g/mol. The highest BCUT2D eigenvalue weighted by atomic mass is 19.1. The molecular weight excluding hydrogens is 250 g/mol. The fraction of sp³-hybridized carbons (Fsp3) is 0.500. The van der Waals surface area contributed by atoms with Crippen LogP contribution in [-0.4, -0.2) is 19.5 Å². The molecule has 1 aliphatic carbocycles. The number of carbonyl (C=O) groups excluding carboxylic acids is 1. The van der Waals surface area contributed by atoms with E-state index >= 15 is 0 Å². The SMILES string of the molecule is CNCC1(C(=O)NCc2ccc(F)cc2F)CCC1. The van der Waals surface area contributed by atoms with E-state index in [9.17, 15) is 13.6 Å². The van der Waals surface area contributed by atoms with Crippen molar-refractivity contribution in [2.24, 2.45) is 5.41 Å². The van der Waals surface area contributed by atoms with Crippen molar-refractivity contribution in [2.45, 2.75) is 25.8 Å². The molecule has 1 aromatic carbocycles. The van der Waals surface area contributed by atoms with E-state index in [1.165, 1.54) is 12.1 Å². The molecule has 0 bridgehead atoms. The third-order valence-electron chi connectivity index (χ3n) is 3.76. The van der Waals surface area contributed by atoms with Crippen LogP contribution in [-0.2, 0) is 11.3 Å². The normalized spacial score (nSPS) is 16.8. The van der Waals surface area contributed by atoms with E-state index in [-0.39, 0.29) is 17.9 Å². The van der Waals surface area contributed by atoms with Crippen molar-refractivity contribution in [3.05, 3.63) is 35.4 Å². The summed E-state index contributed by atoms with van der Waals surface area (Å²) in [6.45, 7) is 0.723. The lowest BCUT2D eigenvalue weighted by Gasteiger charge is -2.40. The first-order valence-corrected chi connectivity index (χ1v) is 6.44. The van der Waals surface area contributed by atoms with Gasteiger partial charge in [-0.15, -0.1) is 0 Å². The van der Waals surface area contributed by atoms with Crippen molar-refractivity contribution in [1.82, 2.24) is 10.6 Å². The highest BCUT2D eigenvalue weighted by Crippen LogP contribution is 2.40. The van der Waals surface area contributed by atoms with Crippen LogP contribution in [0.2, 0.25) is 0 Å². The van der Waals surface area contributed by atoms with E-state index in [0.717, 1.165) is 25.3 Å². The van der Waals surface area contributed by atoms with Crippen LogP contribution in [0.15, 0.2) is 18.2 Å². The van der Waals surface area contributed by atoms with Gasteiger partial charge in [0.2, 0.25) is 5.91 Å². The van der Waals surface area contributed by atoms with Crippen molar-refractivity contribution >= 4 is 5.91 Å². The lowest BCUT2D eigenvalue weighted by atomic mass is 9.68. The van der Waals surface area contributed by atoms with Gasteiger partial charge in [-0.25, -0.2) is 8.78 Å². The van der Waals surface area contributed by atoms with Gasteiger partial charge in [0.1, 0.15) is 11.6 Å². The van der Waals surface area contributed by atoms with Gasteiger partial charge in [0.25, 0.3) is 0 Å². The molecule has 0 unspecified atom stereocenters. The third-order valence-corrected chi connectivity index (χ3v) is 3.76. The third kappa shape index (κ3) is 2.92. The monoisotopic (exact) mass is 268 g/mol. The van der Waals surface area contributed by atoms with Crippen LogP contribution >= 0.6 is 0 Å². The molecule has 104 valence electrons. The standard InChI is InChI=1S/C14H18F2N2O/c1-17-9-14(5-2-6-14)13(19)18-8-10-3-4-11(15)7-12(10)16/h3-4,7,17H,2,5-6,8-9H2,1H3,(H,18,19). The molecule has 1 saturated carbocycles. The molecule has 0 aromatic heterocycles. The number of rotatable bonds is 5. The average Bonchev–Trinajstić information content (AvgIpc) is 2.32. The first-order chi connectivity index (χ1) is 9.07. The Morgan fingerprint density at radius 1 is 1.37 bits per heavy atom. The predicted molar refractivity (Wildman–Crippen MR) is 68.4 cm³/mol. The number of hydrogen-bond acceptors (Lipinski definition) is 2. The fourth-order valence-electron chi connectivity index (χ4n) is 2.45. The minimum Gasteiger partial charge on any atom is -0.351 e. The highest BCUT2D eigenvalue weighted by Gasteiger charge is 2.43.